The molecule has 2 aromatic rings. The molecule has 0 spiro atoms. The van der Waals surface area contributed by atoms with Crippen LogP contribution in [0.25, 0.3) is 0 Å². The van der Waals surface area contributed by atoms with Gasteiger partial charge in [0, 0.05) is 11.0 Å². The van der Waals surface area contributed by atoms with Crippen LogP contribution in [-0.4, -0.2) is 17.1 Å². The zero-order valence-electron chi connectivity index (χ0n) is 16.1. The second kappa shape index (κ2) is 8.67. The fourth-order valence-electron chi connectivity index (χ4n) is 4.30. The molecule has 0 saturated heterocycles. The number of nitrogens with zero attached hydrogens (tertiary/aromatic N) is 1. The van der Waals surface area contributed by atoms with Gasteiger partial charge in [-0.2, -0.15) is 0 Å². The van der Waals surface area contributed by atoms with Gasteiger partial charge in [-0.1, -0.05) is 90.7 Å². The lowest BCUT2D eigenvalue weighted by Gasteiger charge is -2.37. The Labute approximate surface area is 167 Å². The minimum atomic E-state index is -2.30. The fraction of sp³-hybridized carbons (Fsp3) is 0.455. The van der Waals surface area contributed by atoms with E-state index >= 15 is 0 Å². The Hall–Kier alpha value is -1.51. The van der Waals surface area contributed by atoms with Crippen molar-refractivity contribution in [2.24, 2.45) is 5.92 Å². The van der Waals surface area contributed by atoms with Crippen molar-refractivity contribution in [3.8, 4) is 0 Å². The van der Waals surface area contributed by atoms with Crippen LogP contribution in [0.15, 0.2) is 48.5 Å². The highest BCUT2D eigenvalue weighted by molar-refractivity contribution is 8.22. The third-order valence-electron chi connectivity index (χ3n) is 5.83. The number of hydrogen-bond acceptors (Lipinski definition) is 3. The molecule has 5 heteroatoms. The van der Waals surface area contributed by atoms with E-state index in [4.69, 9.17) is 11.8 Å². The number of aryl methyl sites for hydroxylation is 2. The van der Waals surface area contributed by atoms with Gasteiger partial charge in [0.1, 0.15) is 0 Å². The number of rotatable bonds is 6. The summed E-state index contributed by atoms with van der Waals surface area (Å²) in [5, 5.41) is 13.9. The van der Waals surface area contributed by atoms with Gasteiger partial charge >= 0.3 is 0 Å². The molecule has 0 radical (unpaired) electrons. The predicted octanol–water partition coefficient (Wildman–Crippen LogP) is 4.96. The third-order valence-corrected chi connectivity index (χ3v) is 11.6. The van der Waals surface area contributed by atoms with Crippen LogP contribution in [-0.2, 0) is 11.8 Å². The van der Waals surface area contributed by atoms with Crippen LogP contribution < -0.4 is 10.6 Å². The summed E-state index contributed by atoms with van der Waals surface area (Å²) in [6.07, 6.45) is 5.69. The highest BCUT2D eigenvalue weighted by Crippen LogP contribution is 2.54. The highest BCUT2D eigenvalue weighted by Gasteiger charge is 2.41. The monoisotopic (exact) mass is 401 g/mol. The summed E-state index contributed by atoms with van der Waals surface area (Å²) in [7, 11) is 0. The van der Waals surface area contributed by atoms with Crippen LogP contribution in [0.2, 0.25) is 0 Å². The normalized spacial score (nSPS) is 16.8. The van der Waals surface area contributed by atoms with E-state index in [1.807, 2.05) is 0 Å². The van der Waals surface area contributed by atoms with Gasteiger partial charge < -0.3 is 0 Å². The Kier molecular flexibility index (Phi) is 6.49. The summed E-state index contributed by atoms with van der Waals surface area (Å²) < 4.78 is 0. The van der Waals surface area contributed by atoms with Crippen LogP contribution in [0.5, 0.6) is 0 Å². The summed E-state index contributed by atoms with van der Waals surface area (Å²) in [5.74, 6) is 0.345. The third kappa shape index (κ3) is 4.50. The van der Waals surface area contributed by atoms with Crippen molar-refractivity contribution < 1.29 is 4.92 Å². The highest BCUT2D eigenvalue weighted by atomic mass is 32.4. The number of benzene rings is 2. The van der Waals surface area contributed by atoms with Crippen LogP contribution in [0, 0.1) is 29.9 Å². The minimum absolute atomic E-state index is 0.0241. The Morgan fingerprint density at radius 2 is 1.41 bits per heavy atom. The quantitative estimate of drug-likeness (QED) is 0.390. The van der Waals surface area contributed by atoms with Crippen LogP contribution in [0.3, 0.4) is 0 Å². The molecule has 1 fully saturated rings. The Morgan fingerprint density at radius 3 is 1.81 bits per heavy atom. The first-order valence-corrected chi connectivity index (χ1v) is 12.6. The van der Waals surface area contributed by atoms with E-state index in [9.17, 15) is 10.1 Å². The molecule has 0 amide bonds. The standard InChI is InChI=1S/C22H28NO2PS/c1-17-8-12-20(13-9-17)26(27,21-14-10-18(2)11-15-21)22(16-23(24)25)19-6-4-3-5-7-19/h8-15,19,22H,3-7,16H2,1-2H3. The van der Waals surface area contributed by atoms with Gasteiger partial charge in [-0.15, -0.1) is 0 Å². The molecule has 3 rings (SSSR count). The van der Waals surface area contributed by atoms with Gasteiger partial charge in [0.15, 0.2) is 0 Å². The van der Waals surface area contributed by atoms with Crippen LogP contribution >= 0.6 is 6.04 Å². The molecular weight excluding hydrogens is 373 g/mol. The van der Waals surface area contributed by atoms with E-state index in [1.54, 1.807) is 0 Å². The molecule has 0 N–H and O–H groups in total. The average molecular weight is 402 g/mol. The summed E-state index contributed by atoms with van der Waals surface area (Å²) in [5.41, 5.74) is 2.30. The summed E-state index contributed by atoms with van der Waals surface area (Å²) in [6, 6.07) is 14.5. The smallest absolute Gasteiger partial charge is 0.212 e. The van der Waals surface area contributed by atoms with Gasteiger partial charge in [0.2, 0.25) is 6.54 Å². The molecular formula is C22H28NO2PS. The maximum absolute atomic E-state index is 11.6. The maximum atomic E-state index is 11.6. The van der Waals surface area contributed by atoms with Crippen LogP contribution in [0.4, 0.5) is 0 Å². The first kappa shape index (κ1) is 20.2. The molecule has 0 aromatic heterocycles. The van der Waals surface area contributed by atoms with Crippen LogP contribution in [0.1, 0.15) is 43.2 Å². The molecule has 1 atom stereocenters. The Balaban J connectivity index is 2.15. The Bertz CT molecular complexity index is 777. The van der Waals surface area contributed by atoms with Crippen molar-refractivity contribution in [2.75, 3.05) is 6.54 Å². The summed E-state index contributed by atoms with van der Waals surface area (Å²) >= 11 is 6.45. The molecule has 2 aromatic carbocycles. The van der Waals surface area contributed by atoms with E-state index in [0.29, 0.717) is 5.92 Å². The molecule has 1 unspecified atom stereocenters. The SMILES string of the molecule is Cc1ccc(P(=S)(c2ccc(C)cc2)C(C[N+](=O)[O-])C2CCCCC2)cc1. The van der Waals surface area contributed by atoms with Gasteiger partial charge in [0.05, 0.1) is 5.66 Å². The van der Waals surface area contributed by atoms with Gasteiger partial charge in [0.25, 0.3) is 0 Å². The Morgan fingerprint density at radius 1 is 0.963 bits per heavy atom. The van der Waals surface area contributed by atoms with Crippen molar-refractivity contribution in [3.05, 3.63) is 69.8 Å². The molecule has 0 heterocycles. The lowest BCUT2D eigenvalue weighted by Crippen LogP contribution is -2.37. The molecule has 1 saturated carbocycles. The van der Waals surface area contributed by atoms with E-state index < -0.39 is 6.04 Å². The second-order valence-electron chi connectivity index (χ2n) is 7.81. The first-order chi connectivity index (χ1) is 12.9. The minimum Gasteiger partial charge on any atom is -0.265 e. The van der Waals surface area contributed by atoms with Crippen molar-refractivity contribution in [2.45, 2.75) is 51.6 Å². The number of nitro groups is 1. The lowest BCUT2D eigenvalue weighted by atomic mass is 9.86. The van der Waals surface area contributed by atoms with E-state index in [-0.39, 0.29) is 17.1 Å². The summed E-state index contributed by atoms with van der Waals surface area (Å²) in [4.78, 5) is 11.5. The second-order valence-corrected chi connectivity index (χ2v) is 12.5. The molecule has 1 aliphatic rings. The lowest BCUT2D eigenvalue weighted by molar-refractivity contribution is -0.480. The fourth-order valence-corrected chi connectivity index (χ4v) is 9.25. The molecule has 1 aliphatic carbocycles. The van der Waals surface area contributed by atoms with E-state index in [2.05, 4.69) is 62.4 Å². The molecule has 144 valence electrons. The average Bonchev–Trinajstić information content (AvgIpc) is 2.67. The maximum Gasteiger partial charge on any atom is 0.212 e. The van der Waals surface area contributed by atoms with Crippen molar-refractivity contribution >= 4 is 28.5 Å². The van der Waals surface area contributed by atoms with Gasteiger partial charge in [-0.05, 0) is 43.2 Å². The van der Waals surface area contributed by atoms with E-state index in [1.165, 1.54) is 17.5 Å². The van der Waals surface area contributed by atoms with E-state index in [0.717, 1.165) is 36.3 Å². The molecule has 3 nitrogen and oxygen atoms in total. The topological polar surface area (TPSA) is 43.1 Å². The molecule has 27 heavy (non-hydrogen) atoms. The summed E-state index contributed by atoms with van der Waals surface area (Å²) in [6.45, 7) is 4.10. The molecule has 0 bridgehead atoms. The zero-order valence-corrected chi connectivity index (χ0v) is 17.8. The number of hydrogen-bond donors (Lipinski definition) is 0. The van der Waals surface area contributed by atoms with Crippen molar-refractivity contribution in [1.29, 1.82) is 0 Å². The predicted molar refractivity (Wildman–Crippen MR) is 118 cm³/mol. The van der Waals surface area contributed by atoms with Gasteiger partial charge in [-0.3, -0.25) is 10.1 Å². The van der Waals surface area contributed by atoms with Crippen molar-refractivity contribution in [1.82, 2.24) is 0 Å². The van der Waals surface area contributed by atoms with Crippen molar-refractivity contribution in [3.63, 3.8) is 0 Å². The van der Waals surface area contributed by atoms with Gasteiger partial charge in [-0.25, -0.2) is 0 Å². The molecule has 0 aliphatic heterocycles. The largest absolute Gasteiger partial charge is 0.265 e. The first-order valence-electron chi connectivity index (χ1n) is 9.77. The zero-order chi connectivity index (χ0) is 19.4.